The summed E-state index contributed by atoms with van der Waals surface area (Å²) in [6, 6.07) is 6.05. The van der Waals surface area contributed by atoms with Crippen molar-refractivity contribution < 1.29 is 0 Å². The fourth-order valence-electron chi connectivity index (χ4n) is 1.16. The average molecular weight is 270 g/mol. The zero-order valence-electron chi connectivity index (χ0n) is 6.58. The van der Waals surface area contributed by atoms with Gasteiger partial charge in [-0.15, -0.1) is 0 Å². The summed E-state index contributed by atoms with van der Waals surface area (Å²) < 4.78 is 1.01. The monoisotopic (exact) mass is 270 g/mol. The van der Waals surface area contributed by atoms with Gasteiger partial charge >= 0.3 is 0 Å². The second kappa shape index (κ2) is 2.97. The molecular weight excluding hydrogens is 263 g/mol. The molecule has 0 aliphatic heterocycles. The topological polar surface area (TPSA) is 25.8 Å². The Labute approximate surface area is 84.2 Å². The molecule has 0 radical (unpaired) electrons. The van der Waals surface area contributed by atoms with Crippen molar-refractivity contribution in [2.24, 2.45) is 0 Å². The van der Waals surface area contributed by atoms with Gasteiger partial charge in [0.15, 0.2) is 0 Å². The summed E-state index contributed by atoms with van der Waals surface area (Å²) in [5.41, 5.74) is 2.00. The van der Waals surface area contributed by atoms with Crippen LogP contribution in [0.2, 0.25) is 0 Å². The molecule has 0 fully saturated rings. The van der Waals surface area contributed by atoms with E-state index in [1.807, 2.05) is 25.3 Å². The van der Waals surface area contributed by atoms with Gasteiger partial charge in [-0.25, -0.2) is 4.98 Å². The minimum absolute atomic E-state index is 0.992. The lowest BCUT2D eigenvalue weighted by molar-refractivity contribution is 1.19. The average Bonchev–Trinajstić information content (AvgIpc) is 2.07. The number of rotatable bonds is 0. The van der Waals surface area contributed by atoms with Gasteiger partial charge in [-0.1, -0.05) is 6.07 Å². The van der Waals surface area contributed by atoms with Crippen molar-refractivity contribution in [2.75, 3.05) is 0 Å². The number of pyridine rings is 2. The number of halogens is 1. The second-order valence-corrected chi connectivity index (χ2v) is 3.71. The molecule has 0 amide bonds. The van der Waals surface area contributed by atoms with Crippen LogP contribution in [0.5, 0.6) is 0 Å². The fraction of sp³-hybridized carbons (Fsp3) is 0.111. The van der Waals surface area contributed by atoms with Crippen molar-refractivity contribution in [2.45, 2.75) is 6.92 Å². The van der Waals surface area contributed by atoms with Crippen LogP contribution in [0.25, 0.3) is 10.9 Å². The van der Waals surface area contributed by atoms with E-state index in [1.165, 1.54) is 0 Å². The van der Waals surface area contributed by atoms with Crippen LogP contribution < -0.4 is 0 Å². The second-order valence-electron chi connectivity index (χ2n) is 2.60. The van der Waals surface area contributed by atoms with Gasteiger partial charge in [0, 0.05) is 11.6 Å². The van der Waals surface area contributed by atoms with E-state index in [-0.39, 0.29) is 0 Å². The summed E-state index contributed by atoms with van der Waals surface area (Å²) in [4.78, 5) is 8.58. The highest BCUT2D eigenvalue weighted by Gasteiger charge is 1.98. The number of hydrogen-bond donors (Lipinski definition) is 0. The first-order chi connectivity index (χ1) is 5.77. The van der Waals surface area contributed by atoms with Gasteiger partial charge < -0.3 is 0 Å². The number of fused-ring (bicyclic) bond motifs is 1. The first-order valence-electron chi connectivity index (χ1n) is 3.65. The van der Waals surface area contributed by atoms with Crippen molar-refractivity contribution in [3.8, 4) is 0 Å². The minimum atomic E-state index is 0.992. The third-order valence-corrected chi connectivity index (χ3v) is 2.36. The van der Waals surface area contributed by atoms with Gasteiger partial charge in [-0.05, 0) is 41.6 Å². The lowest BCUT2D eigenvalue weighted by atomic mass is 10.2. The normalized spacial score (nSPS) is 10.5. The van der Waals surface area contributed by atoms with E-state index in [0.29, 0.717) is 0 Å². The number of hydrogen-bond acceptors (Lipinski definition) is 2. The van der Waals surface area contributed by atoms with Crippen molar-refractivity contribution in [3.05, 3.63) is 33.8 Å². The Bertz CT molecular complexity index is 426. The van der Waals surface area contributed by atoms with E-state index in [4.69, 9.17) is 0 Å². The van der Waals surface area contributed by atoms with Crippen molar-refractivity contribution in [3.63, 3.8) is 0 Å². The number of aryl methyl sites for hydroxylation is 1. The Hall–Kier alpha value is -0.710. The van der Waals surface area contributed by atoms with Crippen molar-refractivity contribution in [1.29, 1.82) is 0 Å². The van der Waals surface area contributed by atoms with E-state index in [9.17, 15) is 0 Å². The van der Waals surface area contributed by atoms with Gasteiger partial charge in [-0.2, -0.15) is 0 Å². The lowest BCUT2D eigenvalue weighted by Crippen LogP contribution is -1.88. The Kier molecular flexibility index (Phi) is 1.96. The molecular formula is C9H7IN2. The molecule has 60 valence electrons. The molecule has 12 heavy (non-hydrogen) atoms. The van der Waals surface area contributed by atoms with Gasteiger partial charge in [0.1, 0.15) is 3.70 Å². The summed E-state index contributed by atoms with van der Waals surface area (Å²) >= 11 is 2.21. The predicted molar refractivity (Wildman–Crippen MR) is 57.0 cm³/mol. The molecule has 0 N–H and O–H groups in total. The molecule has 0 bridgehead atoms. The van der Waals surface area contributed by atoms with Crippen LogP contribution in [0, 0.1) is 10.6 Å². The van der Waals surface area contributed by atoms with Crippen molar-refractivity contribution >= 4 is 33.5 Å². The highest BCUT2D eigenvalue weighted by atomic mass is 127. The molecule has 2 aromatic heterocycles. The lowest BCUT2D eigenvalue weighted by Gasteiger charge is -1.99. The maximum atomic E-state index is 4.40. The van der Waals surface area contributed by atoms with Crippen LogP contribution in [-0.4, -0.2) is 9.97 Å². The van der Waals surface area contributed by atoms with Crippen LogP contribution in [0.1, 0.15) is 5.69 Å². The van der Waals surface area contributed by atoms with Crippen LogP contribution in [0.3, 0.4) is 0 Å². The van der Waals surface area contributed by atoms with Gasteiger partial charge in [0.2, 0.25) is 0 Å². The van der Waals surface area contributed by atoms with Crippen LogP contribution in [-0.2, 0) is 0 Å². The first-order valence-corrected chi connectivity index (χ1v) is 4.73. The standard InChI is InChI=1S/C9H7IN2/c1-6-9-7(4-5-11-6)2-3-8(10)12-9/h2-5H,1H3. The van der Waals surface area contributed by atoms with E-state index in [1.54, 1.807) is 0 Å². The summed E-state index contributed by atoms with van der Waals surface area (Å²) in [5, 5.41) is 1.16. The number of nitrogens with zero attached hydrogens (tertiary/aromatic N) is 2. The molecule has 0 saturated carbocycles. The highest BCUT2D eigenvalue weighted by Crippen LogP contribution is 2.14. The molecule has 0 unspecified atom stereocenters. The molecule has 2 nitrogen and oxygen atoms in total. The van der Waals surface area contributed by atoms with Crippen molar-refractivity contribution in [1.82, 2.24) is 9.97 Å². The molecule has 0 aliphatic carbocycles. The van der Waals surface area contributed by atoms with E-state index in [2.05, 4.69) is 38.6 Å². The summed E-state index contributed by atoms with van der Waals surface area (Å²) in [5.74, 6) is 0. The molecule has 0 aliphatic rings. The molecule has 0 aromatic carbocycles. The van der Waals surface area contributed by atoms with Gasteiger partial charge in [-0.3, -0.25) is 4.98 Å². The Morgan fingerprint density at radius 3 is 2.92 bits per heavy atom. The quantitative estimate of drug-likeness (QED) is 0.543. The Balaban J connectivity index is 2.88. The largest absolute Gasteiger partial charge is 0.259 e. The molecule has 0 saturated heterocycles. The first kappa shape index (κ1) is 7.91. The zero-order valence-corrected chi connectivity index (χ0v) is 8.74. The summed E-state index contributed by atoms with van der Waals surface area (Å²) in [6.45, 7) is 1.98. The smallest absolute Gasteiger partial charge is 0.102 e. The molecule has 2 rings (SSSR count). The highest BCUT2D eigenvalue weighted by molar-refractivity contribution is 14.1. The van der Waals surface area contributed by atoms with Crippen LogP contribution in [0.15, 0.2) is 24.4 Å². The number of aromatic nitrogens is 2. The third kappa shape index (κ3) is 1.29. The summed E-state index contributed by atoms with van der Waals surface area (Å²) in [7, 11) is 0. The fourth-order valence-corrected chi connectivity index (χ4v) is 1.58. The molecule has 2 heterocycles. The van der Waals surface area contributed by atoms with Gasteiger partial charge in [0.05, 0.1) is 11.2 Å². The van der Waals surface area contributed by atoms with Crippen LogP contribution in [0.4, 0.5) is 0 Å². The molecule has 2 aromatic rings. The molecule has 0 atom stereocenters. The summed E-state index contributed by atoms with van der Waals surface area (Å²) in [6.07, 6.45) is 1.81. The van der Waals surface area contributed by atoms with E-state index in [0.717, 1.165) is 20.3 Å². The third-order valence-electron chi connectivity index (χ3n) is 1.76. The van der Waals surface area contributed by atoms with E-state index < -0.39 is 0 Å². The minimum Gasteiger partial charge on any atom is -0.259 e. The van der Waals surface area contributed by atoms with E-state index >= 15 is 0 Å². The molecule has 3 heteroatoms. The Morgan fingerprint density at radius 1 is 1.25 bits per heavy atom. The maximum Gasteiger partial charge on any atom is 0.102 e. The maximum absolute atomic E-state index is 4.40. The van der Waals surface area contributed by atoms with Gasteiger partial charge in [0.25, 0.3) is 0 Å². The SMILES string of the molecule is Cc1nccc2ccc(I)nc12. The molecule has 0 spiro atoms. The predicted octanol–water partition coefficient (Wildman–Crippen LogP) is 2.54. The Morgan fingerprint density at radius 2 is 2.08 bits per heavy atom. The van der Waals surface area contributed by atoms with Crippen LogP contribution >= 0.6 is 22.6 Å². The zero-order chi connectivity index (χ0) is 8.55.